The smallest absolute Gasteiger partial charge is 0.00851 e. The maximum absolute atomic E-state index is 3.73. The second-order valence-electron chi connectivity index (χ2n) is 5.30. The van der Waals surface area contributed by atoms with Gasteiger partial charge in [-0.05, 0) is 44.2 Å². The molecule has 0 amide bonds. The molecule has 2 N–H and O–H groups in total. The van der Waals surface area contributed by atoms with Crippen molar-refractivity contribution >= 4 is 0 Å². The van der Waals surface area contributed by atoms with Gasteiger partial charge in [0.1, 0.15) is 0 Å². The van der Waals surface area contributed by atoms with Gasteiger partial charge in [0.15, 0.2) is 0 Å². The molecule has 2 rings (SSSR count). The van der Waals surface area contributed by atoms with Gasteiger partial charge in [-0.1, -0.05) is 20.3 Å². The van der Waals surface area contributed by atoms with Crippen LogP contribution in [-0.2, 0) is 0 Å². The van der Waals surface area contributed by atoms with Crippen LogP contribution in [0.1, 0.15) is 39.5 Å². The molecule has 1 aliphatic carbocycles. The molecular formula is C12H24N2. The second-order valence-corrected chi connectivity index (χ2v) is 5.30. The Morgan fingerprint density at radius 3 is 2.93 bits per heavy atom. The normalized spacial score (nSPS) is 38.6. The van der Waals surface area contributed by atoms with E-state index in [0.717, 1.165) is 23.9 Å². The third-order valence-corrected chi connectivity index (χ3v) is 3.95. The lowest BCUT2D eigenvalue weighted by atomic mass is 9.86. The highest BCUT2D eigenvalue weighted by atomic mass is 15.0. The van der Waals surface area contributed by atoms with Crippen LogP contribution < -0.4 is 10.6 Å². The van der Waals surface area contributed by atoms with Gasteiger partial charge in [0.25, 0.3) is 0 Å². The largest absolute Gasteiger partial charge is 0.314 e. The number of hydrogen-bond acceptors (Lipinski definition) is 2. The summed E-state index contributed by atoms with van der Waals surface area (Å²) in [5.74, 6) is 1.80. The molecule has 2 aliphatic rings. The Morgan fingerprint density at radius 2 is 2.21 bits per heavy atom. The maximum Gasteiger partial charge on any atom is 0.00851 e. The van der Waals surface area contributed by atoms with Gasteiger partial charge in [0, 0.05) is 12.1 Å². The lowest BCUT2D eigenvalue weighted by Crippen LogP contribution is -2.39. The summed E-state index contributed by atoms with van der Waals surface area (Å²) in [4.78, 5) is 0. The molecule has 2 heteroatoms. The van der Waals surface area contributed by atoms with E-state index >= 15 is 0 Å². The predicted octanol–water partition coefficient (Wildman–Crippen LogP) is 1.76. The second kappa shape index (κ2) is 4.63. The third-order valence-electron chi connectivity index (χ3n) is 3.95. The topological polar surface area (TPSA) is 24.1 Å². The first kappa shape index (κ1) is 10.4. The molecular weight excluding hydrogens is 172 g/mol. The Kier molecular flexibility index (Phi) is 3.45. The Morgan fingerprint density at radius 1 is 1.36 bits per heavy atom. The van der Waals surface area contributed by atoms with Crippen molar-refractivity contribution in [3.63, 3.8) is 0 Å². The van der Waals surface area contributed by atoms with E-state index in [1.165, 1.54) is 38.8 Å². The average Bonchev–Trinajstić information content (AvgIpc) is 2.54. The fourth-order valence-corrected chi connectivity index (χ4v) is 2.78. The molecule has 82 valence electrons. The fourth-order valence-electron chi connectivity index (χ4n) is 2.78. The molecule has 0 aromatic heterocycles. The minimum Gasteiger partial charge on any atom is -0.314 e. The van der Waals surface area contributed by atoms with Gasteiger partial charge in [0.2, 0.25) is 0 Å². The van der Waals surface area contributed by atoms with Crippen LogP contribution in [0.5, 0.6) is 0 Å². The zero-order chi connectivity index (χ0) is 9.97. The van der Waals surface area contributed by atoms with E-state index in [9.17, 15) is 0 Å². The summed E-state index contributed by atoms with van der Waals surface area (Å²) in [6.07, 6.45) is 5.49. The third kappa shape index (κ3) is 2.48. The van der Waals surface area contributed by atoms with E-state index in [2.05, 4.69) is 24.5 Å². The van der Waals surface area contributed by atoms with Crippen molar-refractivity contribution in [2.45, 2.75) is 51.6 Å². The van der Waals surface area contributed by atoms with E-state index in [0.29, 0.717) is 0 Å². The lowest BCUT2D eigenvalue weighted by molar-refractivity contribution is 0.304. The fraction of sp³-hybridized carbons (Fsp3) is 1.00. The van der Waals surface area contributed by atoms with Gasteiger partial charge in [-0.3, -0.25) is 0 Å². The van der Waals surface area contributed by atoms with Crippen LogP contribution in [0.2, 0.25) is 0 Å². The molecule has 0 radical (unpaired) electrons. The van der Waals surface area contributed by atoms with E-state index < -0.39 is 0 Å². The number of nitrogens with one attached hydrogen (secondary N) is 2. The Labute approximate surface area is 87.8 Å². The quantitative estimate of drug-likeness (QED) is 0.716. The molecule has 0 aromatic carbocycles. The summed E-state index contributed by atoms with van der Waals surface area (Å²) >= 11 is 0. The van der Waals surface area contributed by atoms with Crippen molar-refractivity contribution in [1.29, 1.82) is 0 Å². The molecule has 2 fully saturated rings. The van der Waals surface area contributed by atoms with Crippen molar-refractivity contribution in [3.8, 4) is 0 Å². The van der Waals surface area contributed by atoms with Gasteiger partial charge >= 0.3 is 0 Å². The SMILES string of the molecule is CCC(C)CNC1CC2CNC(C2)C1. The van der Waals surface area contributed by atoms with Crippen LogP contribution in [0.3, 0.4) is 0 Å². The van der Waals surface area contributed by atoms with Gasteiger partial charge in [-0.2, -0.15) is 0 Å². The monoisotopic (exact) mass is 196 g/mol. The molecule has 2 nitrogen and oxygen atoms in total. The Bertz CT molecular complexity index is 169. The lowest BCUT2D eigenvalue weighted by Gasteiger charge is -2.28. The van der Waals surface area contributed by atoms with Crippen LogP contribution in [-0.4, -0.2) is 25.2 Å². The highest BCUT2D eigenvalue weighted by molar-refractivity contribution is 4.92. The summed E-state index contributed by atoms with van der Waals surface area (Å²) in [5, 5.41) is 7.34. The molecule has 1 saturated heterocycles. The van der Waals surface area contributed by atoms with Crippen molar-refractivity contribution in [2.24, 2.45) is 11.8 Å². The van der Waals surface area contributed by atoms with Gasteiger partial charge < -0.3 is 10.6 Å². The molecule has 1 heterocycles. The van der Waals surface area contributed by atoms with Crippen LogP contribution in [0.15, 0.2) is 0 Å². The van der Waals surface area contributed by atoms with Crippen LogP contribution in [0.4, 0.5) is 0 Å². The minimum atomic E-state index is 0.794. The van der Waals surface area contributed by atoms with Crippen LogP contribution in [0.25, 0.3) is 0 Å². The molecule has 0 aromatic rings. The molecule has 2 bridgehead atoms. The maximum atomic E-state index is 3.73. The predicted molar refractivity (Wildman–Crippen MR) is 60.4 cm³/mol. The van der Waals surface area contributed by atoms with E-state index in [1.807, 2.05) is 0 Å². The van der Waals surface area contributed by atoms with Gasteiger partial charge in [0.05, 0.1) is 0 Å². The summed E-state index contributed by atoms with van der Waals surface area (Å²) < 4.78 is 0. The van der Waals surface area contributed by atoms with Crippen molar-refractivity contribution in [3.05, 3.63) is 0 Å². The number of hydrogen-bond donors (Lipinski definition) is 2. The Balaban J connectivity index is 1.71. The summed E-state index contributed by atoms with van der Waals surface area (Å²) in [7, 11) is 0. The van der Waals surface area contributed by atoms with Gasteiger partial charge in [-0.25, -0.2) is 0 Å². The van der Waals surface area contributed by atoms with E-state index in [4.69, 9.17) is 0 Å². The van der Waals surface area contributed by atoms with Crippen molar-refractivity contribution < 1.29 is 0 Å². The molecule has 1 aliphatic heterocycles. The summed E-state index contributed by atoms with van der Waals surface area (Å²) in [6.45, 7) is 7.09. The molecule has 14 heavy (non-hydrogen) atoms. The number of rotatable bonds is 4. The first-order valence-corrected chi connectivity index (χ1v) is 6.24. The molecule has 4 unspecified atom stereocenters. The summed E-state index contributed by atoms with van der Waals surface area (Å²) in [5.41, 5.74) is 0. The van der Waals surface area contributed by atoms with E-state index in [-0.39, 0.29) is 0 Å². The Hall–Kier alpha value is -0.0800. The molecule has 4 atom stereocenters. The van der Waals surface area contributed by atoms with Crippen molar-refractivity contribution in [1.82, 2.24) is 10.6 Å². The zero-order valence-electron chi connectivity index (χ0n) is 9.55. The number of fused-ring (bicyclic) bond motifs is 2. The first-order chi connectivity index (χ1) is 6.78. The first-order valence-electron chi connectivity index (χ1n) is 6.24. The highest BCUT2D eigenvalue weighted by Gasteiger charge is 2.33. The molecule has 1 saturated carbocycles. The minimum absolute atomic E-state index is 0.794. The molecule has 0 spiro atoms. The summed E-state index contributed by atoms with van der Waals surface area (Å²) in [6, 6.07) is 1.62. The van der Waals surface area contributed by atoms with E-state index in [1.54, 1.807) is 0 Å². The van der Waals surface area contributed by atoms with Crippen molar-refractivity contribution in [2.75, 3.05) is 13.1 Å². The van der Waals surface area contributed by atoms with Crippen LogP contribution in [0, 0.1) is 11.8 Å². The average molecular weight is 196 g/mol. The highest BCUT2D eigenvalue weighted by Crippen LogP contribution is 2.29. The standard InChI is InChI=1S/C12H24N2/c1-3-9(2)7-13-11-4-10-5-12(6-11)14-8-10/h9-14H,3-8H2,1-2H3. The van der Waals surface area contributed by atoms with Crippen LogP contribution >= 0.6 is 0 Å². The zero-order valence-corrected chi connectivity index (χ0v) is 9.55. The van der Waals surface area contributed by atoms with Gasteiger partial charge in [-0.15, -0.1) is 0 Å².